The Hall–Kier alpha value is -1.04. The summed E-state index contributed by atoms with van der Waals surface area (Å²) in [6.07, 6.45) is 0.912. The van der Waals surface area contributed by atoms with E-state index < -0.39 is 5.97 Å². The Morgan fingerprint density at radius 1 is 1.21 bits per heavy atom. The van der Waals surface area contributed by atoms with E-state index in [-0.39, 0.29) is 13.0 Å². The van der Waals surface area contributed by atoms with Gasteiger partial charge in [-0.25, -0.2) is 0 Å². The number of aliphatic hydroxyl groups is 1. The van der Waals surface area contributed by atoms with Gasteiger partial charge in [-0.2, -0.15) is 11.8 Å². The van der Waals surface area contributed by atoms with E-state index in [4.69, 9.17) is 10.2 Å². The van der Waals surface area contributed by atoms with Crippen molar-refractivity contribution in [2.45, 2.75) is 19.4 Å². The molecular formula is C14H21NO3S. The molecule has 3 N–H and O–H groups in total. The number of hydrogen-bond acceptors (Lipinski definition) is 4. The maximum atomic E-state index is 10.8. The molecule has 0 aliphatic carbocycles. The van der Waals surface area contributed by atoms with Gasteiger partial charge in [0.1, 0.15) is 0 Å². The number of aliphatic carboxylic acids is 1. The van der Waals surface area contributed by atoms with Crippen LogP contribution in [-0.4, -0.2) is 40.8 Å². The van der Waals surface area contributed by atoms with Gasteiger partial charge in [-0.1, -0.05) is 24.3 Å². The number of rotatable bonds is 10. The van der Waals surface area contributed by atoms with E-state index in [1.54, 1.807) is 0 Å². The van der Waals surface area contributed by atoms with Gasteiger partial charge in [-0.15, -0.1) is 0 Å². The Labute approximate surface area is 118 Å². The fourth-order valence-corrected chi connectivity index (χ4v) is 2.53. The van der Waals surface area contributed by atoms with Crippen LogP contribution in [0.25, 0.3) is 0 Å². The topological polar surface area (TPSA) is 69.6 Å². The van der Waals surface area contributed by atoms with Crippen LogP contribution in [0.15, 0.2) is 24.3 Å². The second kappa shape index (κ2) is 9.83. The van der Waals surface area contributed by atoms with Crippen molar-refractivity contribution in [2.75, 3.05) is 24.7 Å². The molecule has 0 fully saturated rings. The lowest BCUT2D eigenvalue weighted by molar-refractivity contribution is -0.136. The van der Waals surface area contributed by atoms with Crippen LogP contribution < -0.4 is 5.32 Å². The van der Waals surface area contributed by atoms with Crippen LogP contribution in [0.2, 0.25) is 0 Å². The Morgan fingerprint density at radius 3 is 2.63 bits per heavy atom. The first kappa shape index (κ1) is 16.0. The third kappa shape index (κ3) is 7.20. The molecule has 0 bridgehead atoms. The number of nitrogens with one attached hydrogen (secondary N) is 1. The van der Waals surface area contributed by atoms with Crippen LogP contribution in [0.1, 0.15) is 17.5 Å². The zero-order valence-electron chi connectivity index (χ0n) is 11.0. The molecule has 106 valence electrons. The molecule has 1 aromatic rings. The minimum Gasteiger partial charge on any atom is -0.481 e. The van der Waals surface area contributed by atoms with Crippen molar-refractivity contribution in [1.29, 1.82) is 0 Å². The van der Waals surface area contributed by atoms with Crippen LogP contribution in [0.3, 0.4) is 0 Å². The van der Waals surface area contributed by atoms with Crippen molar-refractivity contribution < 1.29 is 15.0 Å². The zero-order chi connectivity index (χ0) is 13.9. The SMILES string of the molecule is O=C(O)Cc1ccccc1CNCCSCCCO. The molecule has 0 amide bonds. The van der Waals surface area contributed by atoms with E-state index >= 15 is 0 Å². The van der Waals surface area contributed by atoms with Crippen LogP contribution in [-0.2, 0) is 17.8 Å². The highest BCUT2D eigenvalue weighted by Crippen LogP contribution is 2.09. The van der Waals surface area contributed by atoms with Crippen molar-refractivity contribution in [3.8, 4) is 0 Å². The summed E-state index contributed by atoms with van der Waals surface area (Å²) >= 11 is 1.81. The zero-order valence-corrected chi connectivity index (χ0v) is 11.8. The van der Waals surface area contributed by atoms with Gasteiger partial charge in [-0.05, 0) is 23.3 Å². The molecule has 0 radical (unpaired) electrons. The maximum absolute atomic E-state index is 10.8. The van der Waals surface area contributed by atoms with Crippen LogP contribution in [0, 0.1) is 0 Å². The molecule has 0 atom stereocenters. The van der Waals surface area contributed by atoms with Crippen molar-refractivity contribution in [3.05, 3.63) is 35.4 Å². The molecule has 1 rings (SSSR count). The number of carbonyl (C=O) groups is 1. The van der Waals surface area contributed by atoms with Crippen molar-refractivity contribution >= 4 is 17.7 Å². The summed E-state index contributed by atoms with van der Waals surface area (Å²) in [6.45, 7) is 1.84. The summed E-state index contributed by atoms with van der Waals surface area (Å²) in [6, 6.07) is 7.62. The molecular weight excluding hydrogens is 262 g/mol. The second-order valence-electron chi connectivity index (χ2n) is 4.21. The molecule has 0 unspecified atom stereocenters. The molecule has 0 aliphatic heterocycles. The first-order valence-corrected chi connectivity index (χ1v) is 7.57. The molecule has 0 saturated carbocycles. The molecule has 0 saturated heterocycles. The Morgan fingerprint density at radius 2 is 1.95 bits per heavy atom. The first-order valence-electron chi connectivity index (χ1n) is 6.42. The summed E-state index contributed by atoms with van der Waals surface area (Å²) in [5.74, 6) is 1.18. The van der Waals surface area contributed by atoms with Crippen LogP contribution in [0.4, 0.5) is 0 Å². The number of carboxylic acid groups (broad SMARTS) is 1. The van der Waals surface area contributed by atoms with Crippen molar-refractivity contribution in [2.24, 2.45) is 0 Å². The van der Waals surface area contributed by atoms with Gasteiger partial charge in [0.25, 0.3) is 0 Å². The van der Waals surface area contributed by atoms with Gasteiger partial charge in [-0.3, -0.25) is 4.79 Å². The molecule has 0 spiro atoms. The highest BCUT2D eigenvalue weighted by molar-refractivity contribution is 7.99. The molecule has 1 aromatic carbocycles. The van der Waals surface area contributed by atoms with E-state index in [0.29, 0.717) is 6.54 Å². The summed E-state index contributed by atoms with van der Waals surface area (Å²) < 4.78 is 0. The highest BCUT2D eigenvalue weighted by atomic mass is 32.2. The predicted octanol–water partition coefficient (Wildman–Crippen LogP) is 1.52. The number of hydrogen-bond donors (Lipinski definition) is 3. The minimum atomic E-state index is -0.799. The monoisotopic (exact) mass is 283 g/mol. The Balaban J connectivity index is 2.26. The Kier molecular flexibility index (Phi) is 8.29. The number of benzene rings is 1. The number of aliphatic hydroxyl groups excluding tert-OH is 1. The van der Waals surface area contributed by atoms with E-state index in [1.165, 1.54) is 0 Å². The van der Waals surface area contributed by atoms with Gasteiger partial charge in [0.15, 0.2) is 0 Å². The standard InChI is InChI=1S/C14H21NO3S/c16-7-3-8-19-9-6-15-11-13-5-2-1-4-12(13)10-14(17)18/h1-2,4-5,15-16H,3,6-11H2,(H,17,18). The van der Waals surface area contributed by atoms with Gasteiger partial charge < -0.3 is 15.5 Å². The fourth-order valence-electron chi connectivity index (χ4n) is 1.70. The number of carboxylic acids is 1. The quantitative estimate of drug-likeness (QED) is 0.568. The first-order chi connectivity index (χ1) is 9.24. The molecule has 0 heterocycles. The molecule has 4 nitrogen and oxygen atoms in total. The third-order valence-corrected chi connectivity index (χ3v) is 3.72. The maximum Gasteiger partial charge on any atom is 0.307 e. The second-order valence-corrected chi connectivity index (χ2v) is 5.43. The molecule has 0 aliphatic rings. The van der Waals surface area contributed by atoms with Gasteiger partial charge in [0, 0.05) is 25.4 Å². The average molecular weight is 283 g/mol. The summed E-state index contributed by atoms with van der Waals surface area (Å²) in [5.41, 5.74) is 1.92. The summed E-state index contributed by atoms with van der Waals surface area (Å²) in [4.78, 5) is 10.8. The number of thioether (sulfide) groups is 1. The average Bonchev–Trinajstić information content (AvgIpc) is 2.39. The van der Waals surface area contributed by atoms with Crippen LogP contribution >= 0.6 is 11.8 Å². The smallest absolute Gasteiger partial charge is 0.307 e. The summed E-state index contributed by atoms with van der Waals surface area (Å²) in [7, 11) is 0. The van der Waals surface area contributed by atoms with E-state index in [1.807, 2.05) is 36.0 Å². The van der Waals surface area contributed by atoms with Gasteiger partial charge in [0.05, 0.1) is 6.42 Å². The predicted molar refractivity (Wildman–Crippen MR) is 78.5 cm³/mol. The van der Waals surface area contributed by atoms with E-state index in [9.17, 15) is 4.79 Å². The van der Waals surface area contributed by atoms with Crippen molar-refractivity contribution in [3.63, 3.8) is 0 Å². The van der Waals surface area contributed by atoms with Crippen LogP contribution in [0.5, 0.6) is 0 Å². The molecule has 5 heteroatoms. The lowest BCUT2D eigenvalue weighted by Gasteiger charge is -2.09. The fraction of sp³-hybridized carbons (Fsp3) is 0.500. The van der Waals surface area contributed by atoms with Gasteiger partial charge >= 0.3 is 5.97 Å². The Bertz CT molecular complexity index is 385. The highest BCUT2D eigenvalue weighted by Gasteiger charge is 2.05. The van der Waals surface area contributed by atoms with E-state index in [0.717, 1.165) is 35.6 Å². The van der Waals surface area contributed by atoms with Crippen molar-refractivity contribution in [1.82, 2.24) is 5.32 Å². The minimum absolute atomic E-state index is 0.0725. The van der Waals surface area contributed by atoms with E-state index in [2.05, 4.69) is 5.32 Å². The molecule has 0 aromatic heterocycles. The van der Waals surface area contributed by atoms with Gasteiger partial charge in [0.2, 0.25) is 0 Å². The lowest BCUT2D eigenvalue weighted by Crippen LogP contribution is -2.18. The summed E-state index contributed by atoms with van der Waals surface area (Å²) in [5, 5.41) is 20.8. The molecule has 19 heavy (non-hydrogen) atoms. The largest absolute Gasteiger partial charge is 0.481 e. The lowest BCUT2D eigenvalue weighted by atomic mass is 10.0. The third-order valence-electron chi connectivity index (χ3n) is 2.65. The normalized spacial score (nSPS) is 10.6.